The lowest BCUT2D eigenvalue weighted by Crippen LogP contribution is -2.32. The van der Waals surface area contributed by atoms with E-state index in [9.17, 15) is 9.90 Å². The second-order valence-electron chi connectivity index (χ2n) is 6.92. The van der Waals surface area contributed by atoms with Crippen LogP contribution in [0.2, 0.25) is 0 Å². The van der Waals surface area contributed by atoms with Gasteiger partial charge in [-0.2, -0.15) is 0 Å². The van der Waals surface area contributed by atoms with E-state index in [-0.39, 0.29) is 17.0 Å². The zero-order chi connectivity index (χ0) is 17.2. The third-order valence-electron chi connectivity index (χ3n) is 4.16. The van der Waals surface area contributed by atoms with Crippen molar-refractivity contribution in [2.24, 2.45) is 10.4 Å². The van der Waals surface area contributed by atoms with Crippen molar-refractivity contribution in [2.75, 3.05) is 0 Å². The molecule has 0 atom stereocenters. The van der Waals surface area contributed by atoms with Crippen LogP contribution in [0.5, 0.6) is 0 Å². The van der Waals surface area contributed by atoms with Gasteiger partial charge in [-0.05, 0) is 24.0 Å². The van der Waals surface area contributed by atoms with Crippen LogP contribution in [0.1, 0.15) is 32.3 Å². The van der Waals surface area contributed by atoms with Crippen molar-refractivity contribution in [2.45, 2.75) is 26.7 Å². The number of nitrogens with zero attached hydrogens (tertiary/aromatic N) is 1. The number of ketones is 1. The van der Waals surface area contributed by atoms with Crippen molar-refractivity contribution in [1.82, 2.24) is 0 Å². The van der Waals surface area contributed by atoms with Crippen molar-refractivity contribution in [3.8, 4) is 0 Å². The first-order valence-corrected chi connectivity index (χ1v) is 8.11. The third-order valence-corrected chi connectivity index (χ3v) is 4.16. The minimum atomic E-state index is -0.162. The lowest BCUT2D eigenvalue weighted by Gasteiger charge is -2.31. The maximum Gasteiger partial charge on any atom is 0.169 e. The Hall–Kier alpha value is -2.68. The number of para-hydroxylation sites is 1. The van der Waals surface area contributed by atoms with Crippen LogP contribution in [0.4, 0.5) is 5.69 Å². The standard InChI is InChI=1S/C21H21NO2/c1-21(2)13-17(22-16-11-7-4-8-12-16)19(18(23)14-21)20(24)15-9-5-3-6-10-15/h3-12,24H,13-14H2,1-2H3/b20-19+,22-17?. The second-order valence-corrected chi connectivity index (χ2v) is 6.92. The van der Waals surface area contributed by atoms with E-state index in [4.69, 9.17) is 0 Å². The fraction of sp³-hybridized carbons (Fsp3) is 0.238. The van der Waals surface area contributed by atoms with Crippen LogP contribution >= 0.6 is 0 Å². The highest BCUT2D eigenvalue weighted by atomic mass is 16.3. The Morgan fingerprint density at radius 3 is 2.17 bits per heavy atom. The number of hydrogen-bond acceptors (Lipinski definition) is 3. The summed E-state index contributed by atoms with van der Waals surface area (Å²) in [6.45, 7) is 4.11. The molecule has 3 heteroatoms. The topological polar surface area (TPSA) is 49.7 Å². The molecule has 0 bridgehead atoms. The fourth-order valence-electron chi connectivity index (χ4n) is 3.05. The summed E-state index contributed by atoms with van der Waals surface area (Å²) in [4.78, 5) is 17.4. The highest BCUT2D eigenvalue weighted by Crippen LogP contribution is 2.37. The molecule has 1 saturated carbocycles. The molecular weight excluding hydrogens is 298 g/mol. The summed E-state index contributed by atoms with van der Waals surface area (Å²) in [6.07, 6.45) is 1.06. The molecular formula is C21H21NO2. The summed E-state index contributed by atoms with van der Waals surface area (Å²) in [5, 5.41) is 10.7. The lowest BCUT2D eigenvalue weighted by atomic mass is 9.73. The number of hydrogen-bond donors (Lipinski definition) is 1. The number of carbonyl (C=O) groups excluding carboxylic acids is 1. The number of aliphatic imine (C=N–C) groups is 1. The number of aliphatic hydroxyl groups is 1. The van der Waals surface area contributed by atoms with Gasteiger partial charge in [-0.3, -0.25) is 9.79 Å². The maximum atomic E-state index is 12.7. The number of aliphatic hydroxyl groups excluding tert-OH is 1. The zero-order valence-corrected chi connectivity index (χ0v) is 14.0. The van der Waals surface area contributed by atoms with E-state index in [1.54, 1.807) is 12.1 Å². The summed E-state index contributed by atoms with van der Waals surface area (Å²) in [6, 6.07) is 18.7. The van der Waals surface area contributed by atoms with Gasteiger partial charge in [-0.15, -0.1) is 0 Å². The van der Waals surface area contributed by atoms with Crippen LogP contribution < -0.4 is 0 Å². The van der Waals surface area contributed by atoms with E-state index in [0.717, 1.165) is 5.69 Å². The van der Waals surface area contributed by atoms with Gasteiger partial charge < -0.3 is 5.11 Å². The van der Waals surface area contributed by atoms with Crippen molar-refractivity contribution in [3.63, 3.8) is 0 Å². The zero-order valence-electron chi connectivity index (χ0n) is 14.0. The molecule has 1 fully saturated rings. The van der Waals surface area contributed by atoms with Crippen LogP contribution in [0.3, 0.4) is 0 Å². The van der Waals surface area contributed by atoms with Crippen LogP contribution in [0, 0.1) is 5.41 Å². The average molecular weight is 319 g/mol. The molecule has 1 aliphatic rings. The minimum Gasteiger partial charge on any atom is -0.506 e. The SMILES string of the molecule is CC1(C)CC(=O)/C(=C(/O)c2ccccc2)C(=Nc2ccccc2)C1. The van der Waals surface area contributed by atoms with E-state index in [0.29, 0.717) is 29.7 Å². The molecule has 0 heterocycles. The highest BCUT2D eigenvalue weighted by Gasteiger charge is 2.36. The predicted octanol–water partition coefficient (Wildman–Crippen LogP) is 5.12. The van der Waals surface area contributed by atoms with Gasteiger partial charge in [0.25, 0.3) is 0 Å². The van der Waals surface area contributed by atoms with Gasteiger partial charge >= 0.3 is 0 Å². The molecule has 0 unspecified atom stereocenters. The van der Waals surface area contributed by atoms with Crippen LogP contribution in [0.25, 0.3) is 5.76 Å². The van der Waals surface area contributed by atoms with E-state index in [1.807, 2.05) is 48.5 Å². The minimum absolute atomic E-state index is 0.0192. The summed E-state index contributed by atoms with van der Waals surface area (Å²) in [5.41, 5.74) is 2.27. The molecule has 122 valence electrons. The molecule has 0 radical (unpaired) electrons. The normalized spacial score (nSPS) is 20.9. The van der Waals surface area contributed by atoms with Gasteiger partial charge in [0.05, 0.1) is 17.0 Å². The first kappa shape index (κ1) is 16.2. The van der Waals surface area contributed by atoms with Crippen molar-refractivity contribution < 1.29 is 9.90 Å². The molecule has 0 saturated heterocycles. The Morgan fingerprint density at radius 2 is 1.54 bits per heavy atom. The van der Waals surface area contributed by atoms with Crippen molar-refractivity contribution in [1.29, 1.82) is 0 Å². The molecule has 1 N–H and O–H groups in total. The van der Waals surface area contributed by atoms with Gasteiger partial charge in [0.2, 0.25) is 0 Å². The molecule has 3 nitrogen and oxygen atoms in total. The smallest absolute Gasteiger partial charge is 0.169 e. The van der Waals surface area contributed by atoms with Crippen LogP contribution in [-0.4, -0.2) is 16.6 Å². The Balaban J connectivity index is 2.14. The molecule has 0 amide bonds. The molecule has 0 aliphatic heterocycles. The second kappa shape index (κ2) is 6.44. The molecule has 1 aliphatic carbocycles. The monoisotopic (exact) mass is 319 g/mol. The predicted molar refractivity (Wildman–Crippen MR) is 97.5 cm³/mol. The van der Waals surface area contributed by atoms with E-state index >= 15 is 0 Å². The third kappa shape index (κ3) is 3.46. The largest absolute Gasteiger partial charge is 0.506 e. The Bertz CT molecular complexity index is 802. The van der Waals surface area contributed by atoms with E-state index in [2.05, 4.69) is 18.8 Å². The molecule has 2 aromatic carbocycles. The van der Waals surface area contributed by atoms with Crippen molar-refractivity contribution >= 4 is 22.9 Å². The molecule has 0 aromatic heterocycles. The first-order valence-electron chi connectivity index (χ1n) is 8.11. The van der Waals surface area contributed by atoms with E-state index in [1.165, 1.54) is 0 Å². The summed E-state index contributed by atoms with van der Waals surface area (Å²) >= 11 is 0. The molecule has 24 heavy (non-hydrogen) atoms. The summed E-state index contributed by atoms with van der Waals surface area (Å²) in [5.74, 6) is -0.0342. The summed E-state index contributed by atoms with van der Waals surface area (Å²) < 4.78 is 0. The van der Waals surface area contributed by atoms with Gasteiger partial charge in [0, 0.05) is 12.0 Å². The number of rotatable bonds is 2. The molecule has 0 spiro atoms. The Kier molecular flexibility index (Phi) is 4.34. The van der Waals surface area contributed by atoms with Crippen LogP contribution in [0.15, 0.2) is 71.2 Å². The number of Topliss-reactive ketones (excluding diaryl/α,β-unsaturated/α-hetero) is 1. The Morgan fingerprint density at radius 1 is 0.958 bits per heavy atom. The van der Waals surface area contributed by atoms with Crippen molar-refractivity contribution in [3.05, 3.63) is 71.8 Å². The van der Waals surface area contributed by atoms with Gasteiger partial charge in [-0.25, -0.2) is 0 Å². The lowest BCUT2D eigenvalue weighted by molar-refractivity contribution is -0.117. The summed E-state index contributed by atoms with van der Waals surface area (Å²) in [7, 11) is 0. The Labute approximate surface area is 142 Å². The van der Waals surface area contributed by atoms with Gasteiger partial charge in [0.15, 0.2) is 5.78 Å². The molecule has 2 aromatic rings. The quantitative estimate of drug-likeness (QED) is 0.617. The molecule has 3 rings (SSSR count). The first-order chi connectivity index (χ1) is 11.5. The van der Waals surface area contributed by atoms with Crippen LogP contribution in [-0.2, 0) is 4.79 Å². The fourth-order valence-corrected chi connectivity index (χ4v) is 3.05. The van der Waals surface area contributed by atoms with Gasteiger partial charge in [-0.1, -0.05) is 62.4 Å². The van der Waals surface area contributed by atoms with E-state index < -0.39 is 0 Å². The van der Waals surface area contributed by atoms with Gasteiger partial charge in [0.1, 0.15) is 5.76 Å². The number of allylic oxidation sites excluding steroid dienone is 1. The number of carbonyl (C=O) groups is 1. The highest BCUT2D eigenvalue weighted by molar-refractivity contribution is 6.28. The average Bonchev–Trinajstić information content (AvgIpc) is 2.55. The number of benzene rings is 2. The maximum absolute atomic E-state index is 12.7.